The Labute approximate surface area is 332 Å². The van der Waals surface area contributed by atoms with Gasteiger partial charge in [-0.1, -0.05) is 94.7 Å². The van der Waals surface area contributed by atoms with E-state index in [1.54, 1.807) is 30.3 Å². The standard InChI is InChI=1S/C40H51N5O10.ClH/c1-3-4-5-6-7-8-9-10-14-17-34(47)43-36(40(50)51)35-27-23-31(46)37(54-2)33(24-27)55-32-19-18-26(22-30(32)45(52)53)20-28(41)38(48)42-29(39(49)44-35)21-25-15-12-11-13-16-25;/h11-13,15-16,18-19,22-24,28-29,35-36,46H,3-10,14,17,20-21,41H2,1-2H3,(H,42,48)(H,43,47)(H,44,49)(H,50,51);1H/t28-,29+,35+,36+;/m0./s1. The van der Waals surface area contributed by atoms with Crippen LogP contribution in [0.2, 0.25) is 0 Å². The molecule has 0 fully saturated rings. The molecule has 0 aliphatic carbocycles. The molecule has 15 nitrogen and oxygen atoms in total. The summed E-state index contributed by atoms with van der Waals surface area (Å²) < 4.78 is 11.3. The summed E-state index contributed by atoms with van der Waals surface area (Å²) in [7, 11) is 1.23. The average molecular weight is 798 g/mol. The quantitative estimate of drug-likeness (QED) is 0.0544. The van der Waals surface area contributed by atoms with Gasteiger partial charge in [0.15, 0.2) is 17.5 Å². The van der Waals surface area contributed by atoms with Crippen LogP contribution in [-0.4, -0.2) is 64.1 Å². The van der Waals surface area contributed by atoms with Gasteiger partial charge in [-0.2, -0.15) is 0 Å². The number of nitro groups is 1. The van der Waals surface area contributed by atoms with Gasteiger partial charge in [0.1, 0.15) is 6.04 Å². The maximum absolute atomic E-state index is 14.2. The Hall–Kier alpha value is -5.41. The lowest BCUT2D eigenvalue weighted by molar-refractivity contribution is -0.385. The highest BCUT2D eigenvalue weighted by atomic mass is 35.5. The van der Waals surface area contributed by atoms with Gasteiger partial charge < -0.3 is 41.4 Å². The van der Waals surface area contributed by atoms with Crippen molar-refractivity contribution < 1.29 is 43.8 Å². The highest BCUT2D eigenvalue weighted by molar-refractivity contribution is 5.91. The summed E-state index contributed by atoms with van der Waals surface area (Å²) in [5.74, 6) is -4.90. The second kappa shape index (κ2) is 22.2. The van der Waals surface area contributed by atoms with Crippen molar-refractivity contribution in [3.63, 3.8) is 0 Å². The third-order valence-electron chi connectivity index (χ3n) is 9.49. The predicted octanol–water partition coefficient (Wildman–Crippen LogP) is 5.78. The number of unbranched alkanes of at least 4 members (excludes halogenated alkanes) is 8. The number of aliphatic carboxylic acids is 1. The topological polar surface area (TPSA) is 232 Å². The van der Waals surface area contributed by atoms with E-state index in [1.807, 2.05) is 0 Å². The maximum Gasteiger partial charge on any atom is 0.328 e. The van der Waals surface area contributed by atoms with Crippen LogP contribution in [0.15, 0.2) is 60.7 Å². The van der Waals surface area contributed by atoms with Crippen LogP contribution >= 0.6 is 12.4 Å². The fourth-order valence-corrected chi connectivity index (χ4v) is 6.53. The number of nitro benzene ring substituents is 1. The average Bonchev–Trinajstić information content (AvgIpc) is 3.15. The first kappa shape index (κ1) is 45.0. The van der Waals surface area contributed by atoms with E-state index in [2.05, 4.69) is 22.9 Å². The molecule has 0 aromatic heterocycles. The number of aromatic hydroxyl groups is 1. The molecule has 2 heterocycles. The number of ether oxygens (including phenoxy) is 2. The van der Waals surface area contributed by atoms with Crippen molar-refractivity contribution in [1.82, 2.24) is 16.0 Å². The van der Waals surface area contributed by atoms with Gasteiger partial charge in [-0.3, -0.25) is 24.5 Å². The number of carbonyl (C=O) groups is 4. The number of nitrogens with two attached hydrogens (primary N) is 1. The molecule has 0 saturated heterocycles. The minimum absolute atomic E-state index is 0. The lowest BCUT2D eigenvalue weighted by atomic mass is 9.96. The predicted molar refractivity (Wildman–Crippen MR) is 211 cm³/mol. The van der Waals surface area contributed by atoms with Gasteiger partial charge in [0, 0.05) is 18.9 Å². The Bertz CT molecular complexity index is 1810. The SMILES string of the molecule is CCCCCCCCCCCC(=O)N[C@@H](C(=O)O)[C@@H]1NC(=O)[C@@H](Cc2ccccc2)NC(=O)[C@@H](N)Cc2ccc(c([N+](=O)[O-])c2)Oc2cc1cc(O)c2OC.Cl. The number of carboxylic acids is 1. The third-order valence-corrected chi connectivity index (χ3v) is 9.49. The first-order valence-electron chi connectivity index (χ1n) is 18.7. The first-order chi connectivity index (χ1) is 26.4. The number of methoxy groups -OCH3 is 1. The summed E-state index contributed by atoms with van der Waals surface area (Å²) in [5.41, 5.74) is 6.71. The molecule has 16 heteroatoms. The summed E-state index contributed by atoms with van der Waals surface area (Å²) >= 11 is 0. The van der Waals surface area contributed by atoms with Crippen LogP contribution in [0.1, 0.15) is 93.9 Å². The van der Waals surface area contributed by atoms with Crippen LogP contribution in [0.3, 0.4) is 0 Å². The number of benzene rings is 3. The van der Waals surface area contributed by atoms with Crippen LogP contribution < -0.4 is 31.2 Å². The Kier molecular flexibility index (Phi) is 17.8. The lowest BCUT2D eigenvalue weighted by Gasteiger charge is -2.30. The summed E-state index contributed by atoms with van der Waals surface area (Å²) in [6.45, 7) is 2.16. The minimum Gasteiger partial charge on any atom is -0.504 e. The van der Waals surface area contributed by atoms with E-state index in [-0.39, 0.29) is 54.5 Å². The number of hydrogen-bond acceptors (Lipinski definition) is 10. The number of nitrogens with one attached hydrogen (secondary N) is 3. The van der Waals surface area contributed by atoms with E-state index in [4.69, 9.17) is 15.2 Å². The van der Waals surface area contributed by atoms with Crippen molar-refractivity contribution in [1.29, 1.82) is 0 Å². The zero-order chi connectivity index (χ0) is 39.9. The van der Waals surface area contributed by atoms with Crippen molar-refractivity contribution >= 4 is 41.8 Å². The number of amides is 3. The van der Waals surface area contributed by atoms with Gasteiger partial charge in [-0.15, -0.1) is 12.4 Å². The van der Waals surface area contributed by atoms with Crippen molar-refractivity contribution in [3.05, 3.63) is 87.5 Å². The van der Waals surface area contributed by atoms with E-state index >= 15 is 0 Å². The van der Waals surface area contributed by atoms with Crippen LogP contribution in [-0.2, 0) is 32.0 Å². The monoisotopic (exact) mass is 797 g/mol. The molecular formula is C40H52ClN5O10. The molecule has 3 amide bonds. The first-order valence-corrected chi connectivity index (χ1v) is 18.7. The molecule has 3 aromatic rings. The van der Waals surface area contributed by atoms with Crippen LogP contribution in [0, 0.1) is 10.1 Å². The molecule has 3 aromatic carbocycles. The molecule has 0 spiro atoms. The molecule has 0 unspecified atom stereocenters. The van der Waals surface area contributed by atoms with Gasteiger partial charge in [0.25, 0.3) is 0 Å². The summed E-state index contributed by atoms with van der Waals surface area (Å²) in [4.78, 5) is 65.3. The number of carbonyl (C=O) groups excluding carboxylic acids is 3. The van der Waals surface area contributed by atoms with Gasteiger partial charge in [-0.05, 0) is 47.7 Å². The van der Waals surface area contributed by atoms with Gasteiger partial charge in [0.2, 0.25) is 29.2 Å². The normalized spacial score (nSPS) is 17.4. The summed E-state index contributed by atoms with van der Waals surface area (Å²) in [5, 5.41) is 41.7. The van der Waals surface area contributed by atoms with Crippen LogP contribution in [0.25, 0.3) is 0 Å². The fourth-order valence-electron chi connectivity index (χ4n) is 6.53. The molecule has 5 rings (SSSR count). The zero-order valence-electron chi connectivity index (χ0n) is 31.7. The Morgan fingerprint density at radius 1 is 0.964 bits per heavy atom. The summed E-state index contributed by atoms with van der Waals surface area (Å²) in [6, 6.07) is 9.29. The largest absolute Gasteiger partial charge is 0.504 e. The minimum atomic E-state index is -1.78. The Morgan fingerprint density at radius 2 is 1.62 bits per heavy atom. The fraction of sp³-hybridized carbons (Fsp3) is 0.450. The molecule has 2 aliphatic heterocycles. The smallest absolute Gasteiger partial charge is 0.328 e. The Morgan fingerprint density at radius 3 is 2.25 bits per heavy atom. The van der Waals surface area contributed by atoms with E-state index in [0.717, 1.165) is 31.7 Å². The zero-order valence-corrected chi connectivity index (χ0v) is 32.5. The van der Waals surface area contributed by atoms with Crippen molar-refractivity contribution in [3.8, 4) is 23.0 Å². The molecular weight excluding hydrogens is 746 g/mol. The molecule has 2 aliphatic rings. The number of carboxylic acid groups (broad SMARTS) is 1. The summed E-state index contributed by atoms with van der Waals surface area (Å²) in [6.07, 6.45) is 9.02. The van der Waals surface area contributed by atoms with Crippen LogP contribution in [0.4, 0.5) is 5.69 Å². The van der Waals surface area contributed by atoms with E-state index < -0.39 is 64.2 Å². The number of halogens is 1. The van der Waals surface area contributed by atoms with Crippen molar-refractivity contribution in [2.24, 2.45) is 5.73 Å². The molecule has 4 bridgehead atoms. The lowest BCUT2D eigenvalue weighted by Crippen LogP contribution is -2.56. The number of phenols is 1. The number of phenolic OH excluding ortho intramolecular Hbond substituents is 1. The second-order valence-electron chi connectivity index (χ2n) is 13.7. The number of nitrogens with zero attached hydrogens (tertiary/aromatic N) is 1. The third kappa shape index (κ3) is 12.8. The van der Waals surface area contributed by atoms with E-state index in [1.165, 1.54) is 57.1 Å². The molecule has 56 heavy (non-hydrogen) atoms. The van der Waals surface area contributed by atoms with E-state index in [9.17, 15) is 39.5 Å². The molecule has 0 saturated carbocycles. The second-order valence-corrected chi connectivity index (χ2v) is 13.7. The van der Waals surface area contributed by atoms with Gasteiger partial charge in [-0.25, -0.2) is 4.79 Å². The number of fused-ring (bicyclic) bond motifs is 9. The van der Waals surface area contributed by atoms with E-state index in [0.29, 0.717) is 17.5 Å². The van der Waals surface area contributed by atoms with Gasteiger partial charge >= 0.3 is 11.7 Å². The van der Waals surface area contributed by atoms with Crippen LogP contribution in [0.5, 0.6) is 23.0 Å². The molecule has 0 radical (unpaired) electrons. The van der Waals surface area contributed by atoms with Crippen molar-refractivity contribution in [2.75, 3.05) is 7.11 Å². The molecule has 304 valence electrons. The highest BCUT2D eigenvalue weighted by Crippen LogP contribution is 2.44. The Balaban J connectivity index is 0.00000841. The number of hydrogen-bond donors (Lipinski definition) is 6. The maximum atomic E-state index is 14.2. The highest BCUT2D eigenvalue weighted by Gasteiger charge is 2.36. The number of rotatable bonds is 17. The molecule has 4 atom stereocenters. The van der Waals surface area contributed by atoms with Crippen molar-refractivity contribution in [2.45, 2.75) is 108 Å². The molecule has 7 N–H and O–H groups in total. The van der Waals surface area contributed by atoms with Gasteiger partial charge in [0.05, 0.1) is 24.1 Å².